The van der Waals surface area contributed by atoms with Crippen LogP contribution in [0, 0.1) is 5.92 Å². The fraction of sp³-hybridized carbons (Fsp3) is 0.278. The van der Waals surface area contributed by atoms with Crippen molar-refractivity contribution in [2.75, 3.05) is 11.9 Å². The number of nitrogens with zero attached hydrogens (tertiary/aromatic N) is 2. The zero-order valence-electron chi connectivity index (χ0n) is 13.8. The van der Waals surface area contributed by atoms with Crippen LogP contribution in [0.4, 0.5) is 10.5 Å². The van der Waals surface area contributed by atoms with E-state index in [1.165, 1.54) is 28.0 Å². The third-order valence-electron chi connectivity index (χ3n) is 5.22. The molecule has 0 radical (unpaired) electrons. The molecule has 8 nitrogen and oxygen atoms in total. The molecule has 4 rings (SSSR count). The Balaban J connectivity index is 1.57. The van der Waals surface area contributed by atoms with Gasteiger partial charge in [-0.2, -0.15) is 0 Å². The third kappa shape index (κ3) is 2.18. The molecule has 0 unspecified atom stereocenters. The fourth-order valence-electron chi connectivity index (χ4n) is 4.10. The minimum absolute atomic E-state index is 0.0145. The number of carboxylic acids is 1. The van der Waals surface area contributed by atoms with E-state index in [1.54, 1.807) is 12.1 Å². The number of carbonyl (C=O) groups excluding carboxylic acids is 2. The number of likely N-dealkylation sites (tertiary alicyclic amines) is 1. The molecular weight excluding hydrogens is 338 g/mol. The first-order valence-electron chi connectivity index (χ1n) is 8.21. The molecular formula is C18H17N3O5. The number of amides is 3. The van der Waals surface area contributed by atoms with Gasteiger partial charge in [0.2, 0.25) is 0 Å². The second kappa shape index (κ2) is 5.62. The van der Waals surface area contributed by atoms with E-state index in [0.29, 0.717) is 24.2 Å². The van der Waals surface area contributed by atoms with Crippen molar-refractivity contribution in [1.82, 2.24) is 9.80 Å². The molecule has 1 aromatic rings. The lowest BCUT2D eigenvalue weighted by molar-refractivity contribution is -0.155. The van der Waals surface area contributed by atoms with Gasteiger partial charge in [-0.1, -0.05) is 12.7 Å². The van der Waals surface area contributed by atoms with Crippen molar-refractivity contribution in [3.63, 3.8) is 0 Å². The number of aromatic hydroxyl groups is 1. The molecule has 3 aliphatic heterocycles. The van der Waals surface area contributed by atoms with Crippen LogP contribution in [0.25, 0.3) is 0 Å². The predicted molar refractivity (Wildman–Crippen MR) is 91.2 cm³/mol. The summed E-state index contributed by atoms with van der Waals surface area (Å²) in [5, 5.41) is 21.5. The lowest BCUT2D eigenvalue weighted by atomic mass is 9.79. The maximum absolute atomic E-state index is 12.6. The number of carboxylic acid groups (broad SMARTS) is 1. The molecule has 0 aromatic heterocycles. The summed E-state index contributed by atoms with van der Waals surface area (Å²) in [6.45, 7) is 4.02. The Morgan fingerprint density at radius 3 is 2.58 bits per heavy atom. The molecule has 3 heterocycles. The first-order valence-corrected chi connectivity index (χ1v) is 8.21. The maximum Gasteiger partial charge on any atom is 0.352 e. The van der Waals surface area contributed by atoms with E-state index in [9.17, 15) is 24.6 Å². The molecule has 2 saturated heterocycles. The molecule has 26 heavy (non-hydrogen) atoms. The number of β-lactam (4-membered cyclic amide) rings is 1. The van der Waals surface area contributed by atoms with Crippen LogP contribution >= 0.6 is 0 Å². The number of urea groups is 1. The zero-order chi connectivity index (χ0) is 18.6. The Morgan fingerprint density at radius 1 is 1.27 bits per heavy atom. The highest BCUT2D eigenvalue weighted by Gasteiger charge is 2.63. The molecule has 0 bridgehead atoms. The van der Waals surface area contributed by atoms with Gasteiger partial charge in [0.15, 0.2) is 0 Å². The molecule has 0 saturated carbocycles. The SMILES string of the molecule is C=CC1=C(C(=O)O)N2C(=O)[C@@H]3[C@H]2[C@H](C1)CN3C(=O)Nc1ccc(O)cc1. The van der Waals surface area contributed by atoms with E-state index in [1.807, 2.05) is 0 Å². The summed E-state index contributed by atoms with van der Waals surface area (Å²) >= 11 is 0. The number of benzene rings is 1. The van der Waals surface area contributed by atoms with Gasteiger partial charge < -0.3 is 20.4 Å². The van der Waals surface area contributed by atoms with E-state index >= 15 is 0 Å². The minimum atomic E-state index is -1.16. The topological polar surface area (TPSA) is 110 Å². The van der Waals surface area contributed by atoms with Gasteiger partial charge in [0.1, 0.15) is 17.5 Å². The molecule has 3 atom stereocenters. The highest BCUT2D eigenvalue weighted by molar-refractivity contribution is 6.04. The Morgan fingerprint density at radius 2 is 1.96 bits per heavy atom. The summed E-state index contributed by atoms with van der Waals surface area (Å²) in [5.74, 6) is -1.46. The second-order valence-corrected chi connectivity index (χ2v) is 6.62. The van der Waals surface area contributed by atoms with Crippen LogP contribution in [-0.2, 0) is 9.59 Å². The Bertz CT molecular complexity index is 860. The molecule has 0 aliphatic carbocycles. The number of carbonyl (C=O) groups is 3. The number of anilines is 1. The van der Waals surface area contributed by atoms with Crippen molar-refractivity contribution in [1.29, 1.82) is 0 Å². The number of phenols is 1. The van der Waals surface area contributed by atoms with Gasteiger partial charge in [0.25, 0.3) is 5.91 Å². The number of phenolic OH excluding ortho intramolecular Hbond substituents is 1. The molecule has 3 amide bonds. The summed E-state index contributed by atoms with van der Waals surface area (Å²) in [5.41, 5.74) is 0.997. The van der Waals surface area contributed by atoms with E-state index in [2.05, 4.69) is 11.9 Å². The van der Waals surface area contributed by atoms with Crippen LogP contribution in [0.3, 0.4) is 0 Å². The number of aliphatic carboxylic acids is 1. The largest absolute Gasteiger partial charge is 0.508 e. The molecule has 8 heteroatoms. The van der Waals surface area contributed by atoms with Crippen molar-refractivity contribution in [2.24, 2.45) is 5.92 Å². The monoisotopic (exact) mass is 355 g/mol. The Labute approximate surface area is 149 Å². The van der Waals surface area contributed by atoms with Crippen LogP contribution in [-0.4, -0.2) is 56.5 Å². The van der Waals surface area contributed by atoms with Crippen molar-refractivity contribution >= 4 is 23.6 Å². The first-order chi connectivity index (χ1) is 12.4. The standard InChI is InChI=1S/C18H17N3O5/c1-2-9-7-10-8-20(18(26)19-11-3-5-12(22)6-4-11)15-13(10)21(16(15)23)14(9)17(24)25/h2-6,10,13,15,22H,1,7-8H2,(H,19,26)(H,24,25)/t10-,13-,15+/m1/s1. The lowest BCUT2D eigenvalue weighted by Crippen LogP contribution is -2.69. The number of allylic oxidation sites excluding steroid dienone is 2. The maximum atomic E-state index is 12.6. The van der Waals surface area contributed by atoms with Gasteiger partial charge in [-0.05, 0) is 36.3 Å². The highest BCUT2D eigenvalue weighted by Crippen LogP contribution is 2.47. The Kier molecular flexibility index (Phi) is 3.50. The Hall–Kier alpha value is -3.29. The average Bonchev–Trinajstić information content (AvgIpc) is 2.98. The van der Waals surface area contributed by atoms with Crippen LogP contribution < -0.4 is 5.32 Å². The molecule has 2 fully saturated rings. The number of rotatable bonds is 3. The van der Waals surface area contributed by atoms with Crippen molar-refractivity contribution in [2.45, 2.75) is 18.5 Å². The first kappa shape index (κ1) is 16.2. The van der Waals surface area contributed by atoms with Crippen LogP contribution in [0.15, 0.2) is 48.2 Å². The van der Waals surface area contributed by atoms with Crippen molar-refractivity contribution in [3.05, 3.63) is 48.2 Å². The molecule has 3 aliphatic rings. The van der Waals surface area contributed by atoms with E-state index in [0.717, 1.165) is 0 Å². The number of hydrogen-bond donors (Lipinski definition) is 3. The van der Waals surface area contributed by atoms with Crippen LogP contribution in [0.1, 0.15) is 6.42 Å². The quantitative estimate of drug-likeness (QED) is 0.560. The van der Waals surface area contributed by atoms with Gasteiger partial charge in [-0.3, -0.25) is 9.69 Å². The van der Waals surface area contributed by atoms with E-state index in [4.69, 9.17) is 0 Å². The van der Waals surface area contributed by atoms with Gasteiger partial charge in [0.05, 0.1) is 6.04 Å². The summed E-state index contributed by atoms with van der Waals surface area (Å²) in [6, 6.07) is 4.67. The average molecular weight is 355 g/mol. The van der Waals surface area contributed by atoms with Gasteiger partial charge in [-0.25, -0.2) is 9.59 Å². The fourth-order valence-corrected chi connectivity index (χ4v) is 4.10. The summed E-state index contributed by atoms with van der Waals surface area (Å²) in [6.07, 6.45) is 1.94. The molecule has 134 valence electrons. The predicted octanol–water partition coefficient (Wildman–Crippen LogP) is 1.36. The zero-order valence-corrected chi connectivity index (χ0v) is 13.8. The number of hydrogen-bond acceptors (Lipinski definition) is 4. The lowest BCUT2D eigenvalue weighted by Gasteiger charge is -2.49. The molecule has 1 aromatic carbocycles. The molecule has 0 spiro atoms. The summed E-state index contributed by atoms with van der Waals surface area (Å²) < 4.78 is 0. The van der Waals surface area contributed by atoms with Crippen molar-refractivity contribution in [3.8, 4) is 5.75 Å². The van der Waals surface area contributed by atoms with E-state index in [-0.39, 0.29) is 29.3 Å². The third-order valence-corrected chi connectivity index (χ3v) is 5.22. The smallest absolute Gasteiger partial charge is 0.352 e. The number of nitrogens with one attached hydrogen (secondary N) is 1. The normalized spacial score (nSPS) is 26.3. The van der Waals surface area contributed by atoms with Gasteiger partial charge in [0, 0.05) is 18.2 Å². The highest BCUT2D eigenvalue weighted by atomic mass is 16.4. The second-order valence-electron chi connectivity index (χ2n) is 6.62. The van der Waals surface area contributed by atoms with Gasteiger partial charge in [-0.15, -0.1) is 0 Å². The van der Waals surface area contributed by atoms with Gasteiger partial charge >= 0.3 is 12.0 Å². The minimum Gasteiger partial charge on any atom is -0.508 e. The summed E-state index contributed by atoms with van der Waals surface area (Å²) in [4.78, 5) is 39.5. The van der Waals surface area contributed by atoms with E-state index < -0.39 is 18.0 Å². The summed E-state index contributed by atoms with van der Waals surface area (Å²) in [7, 11) is 0. The van der Waals surface area contributed by atoms with Crippen LogP contribution in [0.2, 0.25) is 0 Å². The van der Waals surface area contributed by atoms with Crippen LogP contribution in [0.5, 0.6) is 5.75 Å². The van der Waals surface area contributed by atoms with Crippen molar-refractivity contribution < 1.29 is 24.6 Å². The molecule has 3 N–H and O–H groups in total.